The summed E-state index contributed by atoms with van der Waals surface area (Å²) in [7, 11) is 0. The molecule has 0 unspecified atom stereocenters. The largest absolute Gasteiger partial charge is 0.457 e. The van der Waals surface area contributed by atoms with Crippen LogP contribution in [0, 0.1) is 13.8 Å². The number of nitrogens with zero attached hydrogens (tertiary/aromatic N) is 3. The summed E-state index contributed by atoms with van der Waals surface area (Å²) in [5.41, 5.74) is 7.79. The highest BCUT2D eigenvalue weighted by Gasteiger charge is 2.28. The summed E-state index contributed by atoms with van der Waals surface area (Å²) >= 11 is 0. The summed E-state index contributed by atoms with van der Waals surface area (Å²) in [6, 6.07) is 21.1. The summed E-state index contributed by atoms with van der Waals surface area (Å²) in [5.74, 6) is 1.94. The van der Waals surface area contributed by atoms with Crippen molar-refractivity contribution in [3.8, 4) is 23.0 Å². The number of para-hydroxylation sites is 2. The van der Waals surface area contributed by atoms with Crippen LogP contribution < -0.4 is 4.74 Å². The van der Waals surface area contributed by atoms with Gasteiger partial charge in [-0.05, 0) is 67.8 Å². The Hall–Kier alpha value is -4.39. The van der Waals surface area contributed by atoms with Crippen LogP contribution in [0.1, 0.15) is 32.7 Å². The fraction of sp³-hybridized carbons (Fsp3) is 0.179. The Bertz CT molecular complexity index is 1510. The highest BCUT2D eigenvalue weighted by molar-refractivity contribution is 5.97. The van der Waals surface area contributed by atoms with Crippen LogP contribution in [0.3, 0.4) is 0 Å². The molecule has 174 valence electrons. The first kappa shape index (κ1) is 21.2. The maximum atomic E-state index is 13.5. The van der Waals surface area contributed by atoms with Gasteiger partial charge < -0.3 is 14.6 Å². The minimum atomic E-state index is -0.0620. The fourth-order valence-electron chi connectivity index (χ4n) is 4.59. The van der Waals surface area contributed by atoms with E-state index >= 15 is 0 Å². The van der Waals surface area contributed by atoms with E-state index in [4.69, 9.17) is 9.72 Å². The summed E-state index contributed by atoms with van der Waals surface area (Å²) in [6.45, 7) is 5.24. The van der Waals surface area contributed by atoms with Gasteiger partial charge in [0.05, 0.1) is 28.8 Å². The van der Waals surface area contributed by atoms with E-state index in [1.54, 1.807) is 0 Å². The molecule has 3 heterocycles. The SMILES string of the molecule is Cc1cc2nc(-c3n[nH]c4c3CCN(C(=O)c3ccccc3Oc3ccccc3)C4)[nH]c2cc1C. The van der Waals surface area contributed by atoms with Gasteiger partial charge in [-0.15, -0.1) is 0 Å². The molecular weight excluding hydrogens is 438 g/mol. The molecule has 2 N–H and O–H groups in total. The summed E-state index contributed by atoms with van der Waals surface area (Å²) < 4.78 is 6.02. The van der Waals surface area contributed by atoms with Gasteiger partial charge in [-0.3, -0.25) is 9.89 Å². The van der Waals surface area contributed by atoms with Gasteiger partial charge in [0.1, 0.15) is 17.2 Å². The summed E-state index contributed by atoms with van der Waals surface area (Å²) in [5, 5.41) is 7.71. The van der Waals surface area contributed by atoms with Crippen molar-refractivity contribution in [3.63, 3.8) is 0 Å². The summed E-state index contributed by atoms with van der Waals surface area (Å²) in [6.07, 6.45) is 0.698. The number of H-pyrrole nitrogens is 2. The highest BCUT2D eigenvalue weighted by Crippen LogP contribution is 2.31. The van der Waals surface area contributed by atoms with E-state index in [0.29, 0.717) is 36.6 Å². The number of carbonyl (C=O) groups excluding carboxylic acids is 1. The van der Waals surface area contributed by atoms with E-state index in [0.717, 1.165) is 33.8 Å². The molecule has 0 fully saturated rings. The smallest absolute Gasteiger partial charge is 0.258 e. The third kappa shape index (κ3) is 3.85. The molecule has 0 saturated heterocycles. The number of imidazole rings is 1. The number of rotatable bonds is 4. The molecule has 0 saturated carbocycles. The minimum absolute atomic E-state index is 0.0620. The Kier molecular flexibility index (Phi) is 5.10. The van der Waals surface area contributed by atoms with Crippen LogP contribution in [0.2, 0.25) is 0 Å². The maximum absolute atomic E-state index is 13.5. The first-order chi connectivity index (χ1) is 17.1. The number of aromatic amines is 2. The number of carbonyl (C=O) groups is 1. The van der Waals surface area contributed by atoms with Crippen molar-refractivity contribution < 1.29 is 9.53 Å². The first-order valence-electron chi connectivity index (χ1n) is 11.7. The summed E-state index contributed by atoms with van der Waals surface area (Å²) in [4.78, 5) is 23.5. The molecule has 0 radical (unpaired) electrons. The van der Waals surface area contributed by atoms with Crippen molar-refractivity contribution in [3.05, 3.63) is 94.7 Å². The second kappa shape index (κ2) is 8.43. The van der Waals surface area contributed by atoms with Crippen LogP contribution in [0.15, 0.2) is 66.7 Å². The van der Waals surface area contributed by atoms with Gasteiger partial charge in [0.2, 0.25) is 0 Å². The first-order valence-corrected chi connectivity index (χ1v) is 11.7. The third-order valence-corrected chi connectivity index (χ3v) is 6.63. The van der Waals surface area contributed by atoms with Crippen LogP contribution >= 0.6 is 0 Å². The zero-order valence-electron chi connectivity index (χ0n) is 19.6. The van der Waals surface area contributed by atoms with Crippen LogP contribution in [-0.2, 0) is 13.0 Å². The lowest BCUT2D eigenvalue weighted by atomic mass is 10.0. The van der Waals surface area contributed by atoms with Crippen molar-refractivity contribution in [1.29, 1.82) is 0 Å². The van der Waals surface area contributed by atoms with E-state index in [-0.39, 0.29) is 5.91 Å². The van der Waals surface area contributed by atoms with Crippen molar-refractivity contribution in [2.75, 3.05) is 6.54 Å². The van der Waals surface area contributed by atoms with Gasteiger partial charge in [-0.25, -0.2) is 4.98 Å². The number of nitrogens with one attached hydrogen (secondary N) is 2. The van der Waals surface area contributed by atoms with Crippen molar-refractivity contribution in [2.24, 2.45) is 0 Å². The fourth-order valence-corrected chi connectivity index (χ4v) is 4.59. The van der Waals surface area contributed by atoms with E-state index in [9.17, 15) is 4.79 Å². The van der Waals surface area contributed by atoms with E-state index in [1.165, 1.54) is 11.1 Å². The molecule has 1 amide bonds. The number of ether oxygens (including phenoxy) is 1. The molecule has 3 aromatic carbocycles. The maximum Gasteiger partial charge on any atom is 0.258 e. The monoisotopic (exact) mass is 463 g/mol. The van der Waals surface area contributed by atoms with Gasteiger partial charge in [0.25, 0.3) is 5.91 Å². The standard InChI is InChI=1S/C28H25N5O2/c1-17-14-22-23(15-18(17)2)30-27(29-22)26-20-12-13-33(16-24(20)31-32-26)28(34)21-10-6-7-11-25(21)35-19-8-4-3-5-9-19/h3-11,14-15H,12-13,16H2,1-2H3,(H,29,30)(H,31,32). The lowest BCUT2D eigenvalue weighted by Crippen LogP contribution is -2.36. The number of hydrogen-bond donors (Lipinski definition) is 2. The predicted molar refractivity (Wildman–Crippen MR) is 135 cm³/mol. The number of fused-ring (bicyclic) bond motifs is 2. The van der Waals surface area contributed by atoms with Crippen LogP contribution in [0.5, 0.6) is 11.5 Å². The number of amides is 1. The predicted octanol–water partition coefficient (Wildman–Crippen LogP) is 5.56. The highest BCUT2D eigenvalue weighted by atomic mass is 16.5. The quantitative estimate of drug-likeness (QED) is 0.365. The third-order valence-electron chi connectivity index (χ3n) is 6.63. The van der Waals surface area contributed by atoms with Crippen molar-refractivity contribution in [2.45, 2.75) is 26.8 Å². The number of aryl methyl sites for hydroxylation is 2. The Balaban J connectivity index is 1.26. The van der Waals surface area contributed by atoms with Gasteiger partial charge in [0, 0.05) is 12.1 Å². The van der Waals surface area contributed by atoms with Gasteiger partial charge >= 0.3 is 0 Å². The molecule has 1 aliphatic heterocycles. The topological polar surface area (TPSA) is 86.9 Å². The Morgan fingerprint density at radius 3 is 2.63 bits per heavy atom. The van der Waals surface area contributed by atoms with E-state index in [1.807, 2.05) is 59.5 Å². The molecule has 0 aliphatic carbocycles. The second-order valence-electron chi connectivity index (χ2n) is 8.96. The van der Waals surface area contributed by atoms with Gasteiger partial charge in [-0.2, -0.15) is 5.10 Å². The Morgan fingerprint density at radius 2 is 1.77 bits per heavy atom. The molecule has 1 aliphatic rings. The minimum Gasteiger partial charge on any atom is -0.457 e. The second-order valence-corrected chi connectivity index (χ2v) is 8.96. The molecule has 35 heavy (non-hydrogen) atoms. The molecular formula is C28H25N5O2. The van der Waals surface area contributed by atoms with Crippen LogP contribution in [0.25, 0.3) is 22.6 Å². The molecule has 6 rings (SSSR count). The molecule has 5 aromatic rings. The number of aromatic nitrogens is 4. The molecule has 2 aromatic heterocycles. The van der Waals surface area contributed by atoms with Crippen molar-refractivity contribution >= 4 is 16.9 Å². The molecule has 7 heteroatoms. The van der Waals surface area contributed by atoms with Crippen molar-refractivity contribution in [1.82, 2.24) is 25.1 Å². The van der Waals surface area contributed by atoms with E-state index in [2.05, 4.69) is 41.2 Å². The molecule has 0 atom stereocenters. The molecule has 0 bridgehead atoms. The van der Waals surface area contributed by atoms with Crippen LogP contribution in [-0.4, -0.2) is 37.5 Å². The van der Waals surface area contributed by atoms with Crippen LogP contribution in [0.4, 0.5) is 0 Å². The zero-order chi connectivity index (χ0) is 23.9. The average molecular weight is 464 g/mol. The van der Waals surface area contributed by atoms with Gasteiger partial charge in [-0.1, -0.05) is 30.3 Å². The molecule has 7 nitrogen and oxygen atoms in total. The molecule has 0 spiro atoms. The Labute approximate surface area is 202 Å². The lowest BCUT2D eigenvalue weighted by Gasteiger charge is -2.27. The lowest BCUT2D eigenvalue weighted by molar-refractivity contribution is 0.0730. The average Bonchev–Trinajstić information content (AvgIpc) is 3.48. The normalized spacial score (nSPS) is 13.1. The van der Waals surface area contributed by atoms with Gasteiger partial charge in [0.15, 0.2) is 5.82 Å². The number of benzene rings is 3. The number of hydrogen-bond acceptors (Lipinski definition) is 4. The van der Waals surface area contributed by atoms with E-state index < -0.39 is 0 Å². The Morgan fingerprint density at radius 1 is 1.00 bits per heavy atom. The zero-order valence-corrected chi connectivity index (χ0v) is 19.6.